The Hall–Kier alpha value is -0.450. The molecule has 0 spiro atoms. The molecule has 0 aromatic rings. The minimum atomic E-state index is 0. The van der Waals surface area contributed by atoms with Gasteiger partial charge in [-0.15, -0.1) is 12.4 Å². The third kappa shape index (κ3) is 3.36. The van der Waals surface area contributed by atoms with Gasteiger partial charge in [0.25, 0.3) is 0 Å². The van der Waals surface area contributed by atoms with Crippen LogP contribution in [0.2, 0.25) is 0 Å². The van der Waals surface area contributed by atoms with E-state index >= 15 is 0 Å². The molecule has 0 bridgehead atoms. The molecule has 0 radical (unpaired) electrons. The summed E-state index contributed by atoms with van der Waals surface area (Å²) in [5.41, 5.74) is 0. The van der Waals surface area contributed by atoms with Crippen molar-refractivity contribution in [2.75, 3.05) is 26.4 Å². The number of rotatable bonds is 3. The minimum Gasteiger partial charge on any atom is -0.462 e. The highest BCUT2D eigenvalue weighted by Gasteiger charge is 2.13. The van der Waals surface area contributed by atoms with E-state index in [9.17, 15) is 0 Å². The predicted octanol–water partition coefficient (Wildman–Crippen LogP) is 0.595. The van der Waals surface area contributed by atoms with Gasteiger partial charge in [-0.25, -0.2) is 0 Å². The van der Waals surface area contributed by atoms with Crippen LogP contribution < -0.4 is 10.6 Å². The summed E-state index contributed by atoms with van der Waals surface area (Å²) in [6.45, 7) is 3.41. The second-order valence-corrected chi connectivity index (χ2v) is 3.42. The van der Waals surface area contributed by atoms with Gasteiger partial charge in [0.2, 0.25) is 6.79 Å². The van der Waals surface area contributed by atoms with Crippen molar-refractivity contribution in [1.29, 1.82) is 0 Å². The number of halogens is 1. The van der Waals surface area contributed by atoms with Crippen LogP contribution in [0, 0.1) is 0 Å². The van der Waals surface area contributed by atoms with Crippen LogP contribution in [-0.2, 0) is 9.47 Å². The summed E-state index contributed by atoms with van der Waals surface area (Å²) >= 11 is 0. The molecule has 0 aliphatic carbocycles. The van der Waals surface area contributed by atoms with E-state index in [1.165, 1.54) is 12.8 Å². The van der Waals surface area contributed by atoms with Gasteiger partial charge in [-0.3, -0.25) is 0 Å². The smallest absolute Gasteiger partial charge is 0.229 e. The maximum atomic E-state index is 5.20. The fourth-order valence-corrected chi connectivity index (χ4v) is 1.63. The molecule has 82 valence electrons. The van der Waals surface area contributed by atoms with Gasteiger partial charge in [-0.05, 0) is 25.9 Å². The highest BCUT2D eigenvalue weighted by molar-refractivity contribution is 5.85. The quantitative estimate of drug-likeness (QED) is 0.731. The van der Waals surface area contributed by atoms with Crippen LogP contribution in [-0.4, -0.2) is 32.5 Å². The maximum absolute atomic E-state index is 5.20. The van der Waals surface area contributed by atoms with Crippen molar-refractivity contribution >= 4 is 12.4 Å². The van der Waals surface area contributed by atoms with Gasteiger partial charge in [0.1, 0.15) is 12.0 Å². The largest absolute Gasteiger partial charge is 0.462 e. The first-order chi connectivity index (χ1) is 6.45. The molecule has 0 saturated carbocycles. The van der Waals surface area contributed by atoms with Crippen molar-refractivity contribution in [2.24, 2.45) is 0 Å². The first-order valence-electron chi connectivity index (χ1n) is 4.83. The lowest BCUT2D eigenvalue weighted by Crippen LogP contribution is -2.40. The topological polar surface area (TPSA) is 42.5 Å². The molecule has 14 heavy (non-hydrogen) atoms. The van der Waals surface area contributed by atoms with Crippen LogP contribution in [0.3, 0.4) is 0 Å². The Morgan fingerprint density at radius 2 is 2.21 bits per heavy atom. The van der Waals surface area contributed by atoms with Gasteiger partial charge < -0.3 is 20.1 Å². The summed E-state index contributed by atoms with van der Waals surface area (Å²) in [5.74, 6) is 0.915. The lowest BCUT2D eigenvalue weighted by Gasteiger charge is -2.23. The Kier molecular flexibility index (Phi) is 5.07. The molecule has 5 heteroatoms. The zero-order valence-electron chi connectivity index (χ0n) is 8.12. The van der Waals surface area contributed by atoms with Crippen LogP contribution in [0.5, 0.6) is 0 Å². The summed E-state index contributed by atoms with van der Waals surface area (Å²) in [6, 6.07) is 0.631. The van der Waals surface area contributed by atoms with Gasteiger partial charge >= 0.3 is 0 Å². The Morgan fingerprint density at radius 3 is 2.86 bits per heavy atom. The number of hydrogen-bond donors (Lipinski definition) is 2. The third-order valence-corrected chi connectivity index (χ3v) is 2.43. The number of ether oxygens (including phenoxy) is 2. The van der Waals surface area contributed by atoms with Crippen molar-refractivity contribution in [3.8, 4) is 0 Å². The van der Waals surface area contributed by atoms with Gasteiger partial charge in [-0.2, -0.15) is 0 Å². The van der Waals surface area contributed by atoms with Gasteiger partial charge in [0.15, 0.2) is 0 Å². The van der Waals surface area contributed by atoms with E-state index in [4.69, 9.17) is 9.47 Å². The van der Waals surface area contributed by atoms with E-state index in [2.05, 4.69) is 10.6 Å². The van der Waals surface area contributed by atoms with Gasteiger partial charge in [0.05, 0.1) is 6.54 Å². The Balaban J connectivity index is 0.000000980. The molecule has 0 atom stereocenters. The lowest BCUT2D eigenvalue weighted by atomic mass is 10.1. The van der Waals surface area contributed by atoms with Crippen molar-refractivity contribution in [1.82, 2.24) is 10.6 Å². The van der Waals surface area contributed by atoms with Crippen LogP contribution in [0.25, 0.3) is 0 Å². The van der Waals surface area contributed by atoms with Crippen molar-refractivity contribution in [3.05, 3.63) is 12.0 Å². The first kappa shape index (κ1) is 11.6. The Morgan fingerprint density at radius 1 is 1.43 bits per heavy atom. The van der Waals surface area contributed by atoms with E-state index in [-0.39, 0.29) is 12.4 Å². The van der Waals surface area contributed by atoms with E-state index in [0.29, 0.717) is 12.8 Å². The molecule has 1 fully saturated rings. The standard InChI is InChI=1S/C9H16N2O2.ClH/c1-3-10-4-2-8(1)11-5-9-6-12-7-13-9;/h6,8,10-11H,1-5,7H2;1H. The van der Waals surface area contributed by atoms with Crippen molar-refractivity contribution in [2.45, 2.75) is 18.9 Å². The van der Waals surface area contributed by atoms with E-state index in [0.717, 1.165) is 25.4 Å². The van der Waals surface area contributed by atoms with Crippen LogP contribution in [0.15, 0.2) is 12.0 Å². The van der Waals surface area contributed by atoms with Crippen LogP contribution in [0.4, 0.5) is 0 Å². The Bertz CT molecular complexity index is 193. The molecule has 2 N–H and O–H groups in total. The van der Waals surface area contributed by atoms with Crippen molar-refractivity contribution in [3.63, 3.8) is 0 Å². The van der Waals surface area contributed by atoms with E-state index in [1.807, 2.05) is 0 Å². The molecule has 2 heterocycles. The highest BCUT2D eigenvalue weighted by atomic mass is 35.5. The third-order valence-electron chi connectivity index (χ3n) is 2.43. The molecule has 0 aromatic carbocycles. The van der Waals surface area contributed by atoms with E-state index < -0.39 is 0 Å². The summed E-state index contributed by atoms with van der Waals surface area (Å²) in [5, 5.41) is 6.78. The Labute approximate surface area is 90.4 Å². The predicted molar refractivity (Wildman–Crippen MR) is 56.3 cm³/mol. The number of nitrogens with one attached hydrogen (secondary N) is 2. The van der Waals surface area contributed by atoms with Gasteiger partial charge in [-0.1, -0.05) is 0 Å². The first-order valence-corrected chi connectivity index (χ1v) is 4.83. The SMILES string of the molecule is C1=C(CNC2CCNCC2)OCO1.Cl. The minimum absolute atomic E-state index is 0. The fraction of sp³-hybridized carbons (Fsp3) is 0.778. The molecular weight excluding hydrogens is 204 g/mol. The number of piperidine rings is 1. The number of hydrogen-bond acceptors (Lipinski definition) is 4. The average Bonchev–Trinajstić information content (AvgIpc) is 2.69. The summed E-state index contributed by atoms with van der Waals surface area (Å²) < 4.78 is 10.2. The molecular formula is C9H17ClN2O2. The average molecular weight is 221 g/mol. The molecule has 1 saturated heterocycles. The summed E-state index contributed by atoms with van der Waals surface area (Å²) in [4.78, 5) is 0. The molecule has 2 aliphatic rings. The second-order valence-electron chi connectivity index (χ2n) is 3.42. The molecule has 0 aromatic heterocycles. The highest BCUT2D eigenvalue weighted by Crippen LogP contribution is 2.07. The van der Waals surface area contributed by atoms with Crippen LogP contribution in [0.1, 0.15) is 12.8 Å². The maximum Gasteiger partial charge on any atom is 0.229 e. The van der Waals surface area contributed by atoms with E-state index in [1.54, 1.807) is 6.26 Å². The van der Waals surface area contributed by atoms with Crippen molar-refractivity contribution < 1.29 is 9.47 Å². The molecule has 0 amide bonds. The molecule has 0 unspecified atom stereocenters. The summed E-state index contributed by atoms with van der Waals surface area (Å²) in [6.07, 6.45) is 4.09. The molecule has 2 aliphatic heterocycles. The second kappa shape index (κ2) is 6.11. The summed E-state index contributed by atoms with van der Waals surface area (Å²) in [7, 11) is 0. The monoisotopic (exact) mass is 220 g/mol. The van der Waals surface area contributed by atoms with Gasteiger partial charge in [0, 0.05) is 6.04 Å². The lowest BCUT2D eigenvalue weighted by molar-refractivity contribution is 0.0783. The van der Waals surface area contributed by atoms with Crippen LogP contribution >= 0.6 is 12.4 Å². The molecule has 2 rings (SSSR count). The zero-order valence-corrected chi connectivity index (χ0v) is 8.94. The zero-order chi connectivity index (χ0) is 8.93. The normalized spacial score (nSPS) is 21.9. The fourth-order valence-electron chi connectivity index (χ4n) is 1.63. The molecule has 4 nitrogen and oxygen atoms in total.